The predicted octanol–water partition coefficient (Wildman–Crippen LogP) is 3.42. The average molecular weight is 294 g/mol. The molecule has 1 aliphatic carbocycles. The van der Waals surface area contributed by atoms with Gasteiger partial charge in [0.2, 0.25) is 5.91 Å². The van der Waals surface area contributed by atoms with Gasteiger partial charge in [0.25, 0.3) is 0 Å². The first kappa shape index (κ1) is 16.8. The van der Waals surface area contributed by atoms with Gasteiger partial charge in [0.05, 0.1) is 5.92 Å². The van der Waals surface area contributed by atoms with Crippen molar-refractivity contribution in [3.8, 4) is 0 Å². The van der Waals surface area contributed by atoms with Crippen LogP contribution in [-0.2, 0) is 4.79 Å². The van der Waals surface area contributed by atoms with Crippen LogP contribution in [0.3, 0.4) is 0 Å². The van der Waals surface area contributed by atoms with Crippen molar-refractivity contribution in [1.29, 1.82) is 0 Å². The van der Waals surface area contributed by atoms with Gasteiger partial charge in [-0.05, 0) is 41.9 Å². The van der Waals surface area contributed by atoms with Crippen molar-refractivity contribution >= 4 is 5.91 Å². The largest absolute Gasteiger partial charge is 0.339 e. The molecule has 2 aliphatic rings. The fraction of sp³-hybridized carbons (Fsp3) is 0.944. The number of rotatable bonds is 3. The molecule has 3 nitrogen and oxygen atoms in total. The van der Waals surface area contributed by atoms with Crippen molar-refractivity contribution < 1.29 is 4.79 Å². The summed E-state index contributed by atoms with van der Waals surface area (Å²) in [6, 6.07) is 0.431. The number of hydrogen-bond acceptors (Lipinski definition) is 2. The van der Waals surface area contributed by atoms with Crippen LogP contribution in [-0.4, -0.2) is 29.9 Å². The Balaban J connectivity index is 2.13. The molecule has 0 radical (unpaired) electrons. The van der Waals surface area contributed by atoms with Crippen LogP contribution >= 0.6 is 0 Å². The van der Waals surface area contributed by atoms with Gasteiger partial charge in [0.15, 0.2) is 0 Å². The van der Waals surface area contributed by atoms with E-state index in [1.807, 2.05) is 0 Å². The van der Waals surface area contributed by atoms with Crippen LogP contribution in [0.5, 0.6) is 0 Å². The van der Waals surface area contributed by atoms with E-state index >= 15 is 0 Å². The Kier molecular flexibility index (Phi) is 4.20. The monoisotopic (exact) mass is 294 g/mol. The molecular formula is C18H34N2O. The summed E-state index contributed by atoms with van der Waals surface area (Å²) in [5.41, 5.74) is 6.74. The molecule has 1 aliphatic heterocycles. The smallest absolute Gasteiger partial charge is 0.227 e. The molecule has 1 saturated carbocycles. The van der Waals surface area contributed by atoms with E-state index in [9.17, 15) is 4.79 Å². The highest BCUT2D eigenvalue weighted by atomic mass is 16.2. The molecule has 2 N–H and O–H groups in total. The van der Waals surface area contributed by atoms with Crippen LogP contribution in [0.1, 0.15) is 67.2 Å². The summed E-state index contributed by atoms with van der Waals surface area (Å²) >= 11 is 0. The lowest BCUT2D eigenvalue weighted by Gasteiger charge is -2.39. The van der Waals surface area contributed by atoms with Crippen LogP contribution in [0.4, 0.5) is 0 Å². The number of likely N-dealkylation sites (tertiary alicyclic amines) is 1. The minimum absolute atomic E-state index is 0.0175. The van der Waals surface area contributed by atoms with Gasteiger partial charge in [-0.1, -0.05) is 41.5 Å². The third kappa shape index (κ3) is 3.80. The lowest BCUT2D eigenvalue weighted by Crippen LogP contribution is -2.43. The molecule has 0 aromatic heterocycles. The van der Waals surface area contributed by atoms with Crippen molar-refractivity contribution in [1.82, 2.24) is 4.90 Å². The van der Waals surface area contributed by atoms with Crippen LogP contribution in [0, 0.1) is 22.2 Å². The Bertz CT molecular complexity index is 410. The minimum Gasteiger partial charge on any atom is -0.339 e. The first-order valence-corrected chi connectivity index (χ1v) is 8.45. The fourth-order valence-electron chi connectivity index (χ4n) is 4.96. The van der Waals surface area contributed by atoms with Gasteiger partial charge in [-0.15, -0.1) is 0 Å². The molecule has 2 rings (SSSR count). The molecule has 3 heteroatoms. The van der Waals surface area contributed by atoms with E-state index in [-0.39, 0.29) is 11.3 Å². The first-order chi connectivity index (χ1) is 9.45. The lowest BCUT2D eigenvalue weighted by atomic mass is 9.65. The second kappa shape index (κ2) is 5.26. The van der Waals surface area contributed by atoms with Gasteiger partial charge in [0.1, 0.15) is 0 Å². The standard InChI is InChI=1S/C18H34N2O/c1-16(2,3)7-13(10-19)15(21)20-12-18(6)9-14(20)8-17(4,5)11-18/h13-14H,7-12,19H2,1-6H3. The molecule has 1 heterocycles. The average Bonchev–Trinajstić information content (AvgIpc) is 2.53. The third-order valence-electron chi connectivity index (χ3n) is 5.19. The molecule has 21 heavy (non-hydrogen) atoms. The van der Waals surface area contributed by atoms with Gasteiger partial charge < -0.3 is 10.6 Å². The summed E-state index contributed by atoms with van der Waals surface area (Å²) in [5.74, 6) is 0.287. The molecule has 3 unspecified atom stereocenters. The normalized spacial score (nSPS) is 33.1. The topological polar surface area (TPSA) is 46.3 Å². The number of carbonyl (C=O) groups is 1. The van der Waals surface area contributed by atoms with Crippen LogP contribution in [0.15, 0.2) is 0 Å². The summed E-state index contributed by atoms with van der Waals surface area (Å²) in [5, 5.41) is 0. The van der Waals surface area contributed by atoms with Gasteiger partial charge in [-0.25, -0.2) is 0 Å². The Labute approximate surface area is 130 Å². The van der Waals surface area contributed by atoms with Gasteiger partial charge in [-0.3, -0.25) is 4.79 Å². The highest BCUT2D eigenvalue weighted by Crippen LogP contribution is 2.52. The molecule has 0 aromatic rings. The zero-order chi connectivity index (χ0) is 16.1. The molecule has 0 spiro atoms. The first-order valence-electron chi connectivity index (χ1n) is 8.45. The summed E-state index contributed by atoms with van der Waals surface area (Å²) < 4.78 is 0. The molecule has 122 valence electrons. The maximum Gasteiger partial charge on any atom is 0.227 e. The van der Waals surface area contributed by atoms with Gasteiger partial charge in [0, 0.05) is 19.1 Å². The summed E-state index contributed by atoms with van der Waals surface area (Å²) in [7, 11) is 0. The quantitative estimate of drug-likeness (QED) is 0.867. The SMILES string of the molecule is CC(C)(C)CC(CN)C(=O)N1CC2(C)CC1CC(C)(C)C2. The maximum atomic E-state index is 13.0. The van der Waals surface area contributed by atoms with Crippen LogP contribution < -0.4 is 5.73 Å². The van der Waals surface area contributed by atoms with E-state index in [4.69, 9.17) is 5.73 Å². The number of carbonyl (C=O) groups excluding carboxylic acids is 1. The van der Waals surface area contributed by atoms with Crippen molar-refractivity contribution in [2.75, 3.05) is 13.1 Å². The Morgan fingerprint density at radius 1 is 1.29 bits per heavy atom. The Hall–Kier alpha value is -0.570. The van der Waals surface area contributed by atoms with Crippen molar-refractivity contribution in [2.45, 2.75) is 73.3 Å². The van der Waals surface area contributed by atoms with Gasteiger partial charge in [-0.2, -0.15) is 0 Å². The molecule has 0 aromatic carbocycles. The van der Waals surface area contributed by atoms with E-state index in [2.05, 4.69) is 46.4 Å². The van der Waals surface area contributed by atoms with E-state index in [0.717, 1.165) is 19.4 Å². The van der Waals surface area contributed by atoms with Crippen LogP contribution in [0.25, 0.3) is 0 Å². The highest BCUT2D eigenvalue weighted by Gasteiger charge is 2.51. The molecule has 1 saturated heterocycles. The zero-order valence-electron chi connectivity index (χ0n) is 14.8. The number of hydrogen-bond donors (Lipinski definition) is 1. The summed E-state index contributed by atoms with van der Waals surface area (Å²) in [6.45, 7) is 15.0. The van der Waals surface area contributed by atoms with Gasteiger partial charge >= 0.3 is 0 Å². The number of fused-ring (bicyclic) bond motifs is 2. The van der Waals surface area contributed by atoms with Crippen molar-refractivity contribution in [3.05, 3.63) is 0 Å². The second-order valence-corrected chi connectivity index (χ2v) is 9.88. The van der Waals surface area contributed by atoms with Crippen molar-refractivity contribution in [2.24, 2.45) is 27.9 Å². The Morgan fingerprint density at radius 2 is 1.90 bits per heavy atom. The molecule has 2 fully saturated rings. The number of nitrogens with zero attached hydrogens (tertiary/aromatic N) is 1. The molecule has 2 bridgehead atoms. The lowest BCUT2D eigenvalue weighted by molar-refractivity contribution is -0.137. The molecular weight excluding hydrogens is 260 g/mol. The zero-order valence-corrected chi connectivity index (χ0v) is 14.8. The fourth-order valence-corrected chi connectivity index (χ4v) is 4.96. The molecule has 3 atom stereocenters. The van der Waals surface area contributed by atoms with E-state index in [0.29, 0.717) is 29.3 Å². The highest BCUT2D eigenvalue weighted by molar-refractivity contribution is 5.80. The van der Waals surface area contributed by atoms with Crippen molar-refractivity contribution in [3.63, 3.8) is 0 Å². The second-order valence-electron chi connectivity index (χ2n) is 9.88. The summed E-state index contributed by atoms with van der Waals surface area (Å²) in [6.07, 6.45) is 4.43. The minimum atomic E-state index is -0.0175. The summed E-state index contributed by atoms with van der Waals surface area (Å²) in [4.78, 5) is 15.2. The number of amides is 1. The maximum absolute atomic E-state index is 13.0. The van der Waals surface area contributed by atoms with E-state index < -0.39 is 0 Å². The third-order valence-corrected chi connectivity index (χ3v) is 5.19. The number of nitrogens with two attached hydrogens (primary N) is 1. The predicted molar refractivity (Wildman–Crippen MR) is 87.9 cm³/mol. The van der Waals surface area contributed by atoms with E-state index in [1.54, 1.807) is 0 Å². The Morgan fingerprint density at radius 3 is 2.43 bits per heavy atom. The van der Waals surface area contributed by atoms with E-state index in [1.165, 1.54) is 12.8 Å². The van der Waals surface area contributed by atoms with Crippen LogP contribution in [0.2, 0.25) is 0 Å². The molecule has 1 amide bonds.